The Labute approximate surface area is 127 Å². The van der Waals surface area contributed by atoms with Gasteiger partial charge in [-0.25, -0.2) is 9.67 Å². The normalized spacial score (nSPS) is 10.9. The minimum Gasteiger partial charge on any atom is -0.350 e. The number of para-hydroxylation sites is 3. The zero-order valence-electron chi connectivity index (χ0n) is 11.9. The average Bonchev–Trinajstić information content (AvgIpc) is 3.20. The van der Waals surface area contributed by atoms with E-state index >= 15 is 0 Å². The van der Waals surface area contributed by atoms with Crippen LogP contribution >= 0.6 is 0 Å². The molecular formula is C17H15N5. The Kier molecular flexibility index (Phi) is 3.08. The zero-order valence-corrected chi connectivity index (χ0v) is 11.9. The molecule has 2 N–H and O–H groups in total. The summed E-state index contributed by atoms with van der Waals surface area (Å²) < 4.78 is 1.87. The molecule has 0 spiro atoms. The summed E-state index contributed by atoms with van der Waals surface area (Å²) in [6.07, 6.45) is 1.96. The van der Waals surface area contributed by atoms with Gasteiger partial charge in [0.1, 0.15) is 0 Å². The van der Waals surface area contributed by atoms with Gasteiger partial charge in [0.25, 0.3) is 0 Å². The molecule has 0 atom stereocenters. The number of aromatic amines is 1. The number of aromatic nitrogens is 4. The smallest absolute Gasteiger partial charge is 0.201 e. The van der Waals surface area contributed by atoms with Crippen molar-refractivity contribution in [1.29, 1.82) is 0 Å². The average molecular weight is 289 g/mol. The Morgan fingerprint density at radius 1 is 0.955 bits per heavy atom. The summed E-state index contributed by atoms with van der Waals surface area (Å²) >= 11 is 0. The van der Waals surface area contributed by atoms with E-state index in [4.69, 9.17) is 0 Å². The van der Waals surface area contributed by atoms with Gasteiger partial charge in [0.15, 0.2) is 0 Å². The van der Waals surface area contributed by atoms with E-state index in [1.54, 1.807) is 0 Å². The first-order valence-electron chi connectivity index (χ1n) is 7.17. The molecule has 0 bridgehead atoms. The fraction of sp³-hybridized carbons (Fsp3) is 0.0588. The van der Waals surface area contributed by atoms with Crippen LogP contribution in [0.1, 0.15) is 5.69 Å². The molecule has 0 saturated carbocycles. The monoisotopic (exact) mass is 289 g/mol. The molecule has 0 unspecified atom stereocenters. The standard InChI is InChI=1S/C17H15N5/c1-2-6-14(7-3-1)22-11-10-13(21-22)12-18-17-19-15-8-4-5-9-16(15)20-17/h1-11H,12H2,(H2,18,19,20). The van der Waals surface area contributed by atoms with E-state index in [9.17, 15) is 0 Å². The molecule has 0 fully saturated rings. The summed E-state index contributed by atoms with van der Waals surface area (Å²) in [5.41, 5.74) is 4.00. The molecule has 0 amide bonds. The lowest BCUT2D eigenvalue weighted by Crippen LogP contribution is -2.03. The van der Waals surface area contributed by atoms with E-state index in [0.29, 0.717) is 6.54 Å². The number of benzene rings is 2. The molecule has 4 aromatic rings. The Bertz CT molecular complexity index is 858. The van der Waals surface area contributed by atoms with E-state index < -0.39 is 0 Å². The van der Waals surface area contributed by atoms with Gasteiger partial charge >= 0.3 is 0 Å². The molecule has 2 aromatic carbocycles. The van der Waals surface area contributed by atoms with Crippen LogP contribution in [0, 0.1) is 0 Å². The summed E-state index contributed by atoms with van der Waals surface area (Å²) in [5, 5.41) is 7.83. The predicted molar refractivity (Wildman–Crippen MR) is 87.0 cm³/mol. The Morgan fingerprint density at radius 2 is 1.77 bits per heavy atom. The molecule has 0 saturated heterocycles. The van der Waals surface area contributed by atoms with Gasteiger partial charge in [-0.2, -0.15) is 5.10 Å². The number of hydrogen-bond donors (Lipinski definition) is 2. The highest BCUT2D eigenvalue weighted by atomic mass is 15.3. The molecule has 108 valence electrons. The second kappa shape index (κ2) is 5.37. The number of anilines is 1. The molecule has 2 aromatic heterocycles. The second-order valence-electron chi connectivity index (χ2n) is 5.04. The number of fused-ring (bicyclic) bond motifs is 1. The van der Waals surface area contributed by atoms with Crippen molar-refractivity contribution >= 4 is 17.0 Å². The number of hydrogen-bond acceptors (Lipinski definition) is 3. The lowest BCUT2D eigenvalue weighted by molar-refractivity contribution is 0.842. The second-order valence-corrected chi connectivity index (χ2v) is 5.04. The van der Waals surface area contributed by atoms with Gasteiger partial charge in [-0.3, -0.25) is 0 Å². The third-order valence-corrected chi connectivity index (χ3v) is 3.49. The van der Waals surface area contributed by atoms with Gasteiger partial charge in [-0.05, 0) is 30.3 Å². The van der Waals surface area contributed by atoms with Crippen LogP contribution in [0.4, 0.5) is 5.95 Å². The van der Waals surface area contributed by atoms with Crippen LogP contribution in [-0.4, -0.2) is 19.7 Å². The van der Waals surface area contributed by atoms with Crippen molar-refractivity contribution in [3.63, 3.8) is 0 Å². The predicted octanol–water partition coefficient (Wildman–Crippen LogP) is 3.36. The number of nitrogens with one attached hydrogen (secondary N) is 2. The zero-order chi connectivity index (χ0) is 14.8. The van der Waals surface area contributed by atoms with Gasteiger partial charge in [-0.15, -0.1) is 0 Å². The number of imidazole rings is 1. The molecule has 4 rings (SSSR count). The summed E-state index contributed by atoms with van der Waals surface area (Å²) in [4.78, 5) is 7.74. The highest BCUT2D eigenvalue weighted by molar-refractivity contribution is 5.77. The van der Waals surface area contributed by atoms with Gasteiger partial charge in [0.2, 0.25) is 5.95 Å². The number of rotatable bonds is 4. The topological polar surface area (TPSA) is 58.5 Å². The van der Waals surface area contributed by atoms with Crippen LogP contribution in [0.3, 0.4) is 0 Å². The van der Waals surface area contributed by atoms with Gasteiger partial charge in [0, 0.05) is 6.20 Å². The van der Waals surface area contributed by atoms with Crippen molar-refractivity contribution in [2.45, 2.75) is 6.54 Å². The first-order chi connectivity index (χ1) is 10.9. The van der Waals surface area contributed by atoms with Crippen LogP contribution in [0.2, 0.25) is 0 Å². The van der Waals surface area contributed by atoms with Gasteiger partial charge < -0.3 is 10.3 Å². The summed E-state index contributed by atoms with van der Waals surface area (Å²) in [5.74, 6) is 0.760. The summed E-state index contributed by atoms with van der Waals surface area (Å²) in [6.45, 7) is 0.625. The maximum absolute atomic E-state index is 4.56. The van der Waals surface area contributed by atoms with Crippen LogP contribution in [0.25, 0.3) is 16.7 Å². The third kappa shape index (κ3) is 2.44. The van der Waals surface area contributed by atoms with Gasteiger partial charge in [0.05, 0.1) is 29.0 Å². The lowest BCUT2D eigenvalue weighted by Gasteiger charge is -2.01. The fourth-order valence-electron chi connectivity index (χ4n) is 2.39. The molecular weight excluding hydrogens is 274 g/mol. The molecule has 2 heterocycles. The molecule has 0 aliphatic carbocycles. The molecule has 0 radical (unpaired) electrons. The maximum atomic E-state index is 4.56. The van der Waals surface area contributed by atoms with Crippen molar-refractivity contribution in [3.8, 4) is 5.69 Å². The lowest BCUT2D eigenvalue weighted by atomic mass is 10.3. The van der Waals surface area contributed by atoms with Crippen LogP contribution < -0.4 is 5.32 Å². The van der Waals surface area contributed by atoms with Crippen molar-refractivity contribution in [2.75, 3.05) is 5.32 Å². The van der Waals surface area contributed by atoms with E-state index in [0.717, 1.165) is 28.4 Å². The van der Waals surface area contributed by atoms with Crippen molar-refractivity contribution in [3.05, 3.63) is 72.6 Å². The van der Waals surface area contributed by atoms with E-state index in [1.807, 2.05) is 71.5 Å². The van der Waals surface area contributed by atoms with Crippen LogP contribution in [-0.2, 0) is 6.54 Å². The molecule has 0 aliphatic rings. The minimum atomic E-state index is 0.625. The Hall–Kier alpha value is -3.08. The number of H-pyrrole nitrogens is 1. The van der Waals surface area contributed by atoms with Crippen molar-refractivity contribution < 1.29 is 0 Å². The van der Waals surface area contributed by atoms with E-state index in [1.165, 1.54) is 0 Å². The molecule has 5 heteroatoms. The minimum absolute atomic E-state index is 0.625. The quantitative estimate of drug-likeness (QED) is 0.605. The first kappa shape index (κ1) is 12.6. The Morgan fingerprint density at radius 3 is 2.64 bits per heavy atom. The summed E-state index contributed by atoms with van der Waals surface area (Å²) in [6, 6.07) is 20.0. The Balaban J connectivity index is 1.49. The van der Waals surface area contributed by atoms with Gasteiger partial charge in [-0.1, -0.05) is 30.3 Å². The first-order valence-corrected chi connectivity index (χ1v) is 7.17. The summed E-state index contributed by atoms with van der Waals surface area (Å²) in [7, 11) is 0. The van der Waals surface area contributed by atoms with Crippen molar-refractivity contribution in [1.82, 2.24) is 19.7 Å². The van der Waals surface area contributed by atoms with Crippen molar-refractivity contribution in [2.24, 2.45) is 0 Å². The third-order valence-electron chi connectivity index (χ3n) is 3.49. The largest absolute Gasteiger partial charge is 0.350 e. The SMILES string of the molecule is c1ccc(-n2ccc(CNc3nc4ccccc4[nH]3)n2)cc1. The highest BCUT2D eigenvalue weighted by Crippen LogP contribution is 2.14. The molecule has 0 aliphatic heterocycles. The maximum Gasteiger partial charge on any atom is 0.201 e. The van der Waals surface area contributed by atoms with Crippen LogP contribution in [0.15, 0.2) is 66.9 Å². The molecule has 5 nitrogen and oxygen atoms in total. The highest BCUT2D eigenvalue weighted by Gasteiger charge is 2.04. The van der Waals surface area contributed by atoms with Crippen LogP contribution in [0.5, 0.6) is 0 Å². The van der Waals surface area contributed by atoms with E-state index in [2.05, 4.69) is 20.4 Å². The number of nitrogens with zero attached hydrogens (tertiary/aromatic N) is 3. The van der Waals surface area contributed by atoms with E-state index in [-0.39, 0.29) is 0 Å². The molecule has 22 heavy (non-hydrogen) atoms. The fourth-order valence-corrected chi connectivity index (χ4v) is 2.39.